The number of aromatic nitrogens is 3. The van der Waals surface area contributed by atoms with Gasteiger partial charge in [-0.3, -0.25) is 9.48 Å². The van der Waals surface area contributed by atoms with Crippen LogP contribution in [-0.4, -0.2) is 58.8 Å². The van der Waals surface area contributed by atoms with Gasteiger partial charge in [-0.1, -0.05) is 24.3 Å². The summed E-state index contributed by atoms with van der Waals surface area (Å²) in [7, 11) is 4.11. The molecule has 0 radical (unpaired) electrons. The van der Waals surface area contributed by atoms with Gasteiger partial charge in [-0.2, -0.15) is 5.10 Å². The summed E-state index contributed by atoms with van der Waals surface area (Å²) in [6.07, 6.45) is 3.78. The van der Waals surface area contributed by atoms with Gasteiger partial charge in [0.2, 0.25) is 0 Å². The van der Waals surface area contributed by atoms with E-state index >= 15 is 0 Å². The molecule has 2 unspecified atom stereocenters. The molecule has 4 heterocycles. The first-order valence-corrected chi connectivity index (χ1v) is 13.1. The number of hydrogen-bond donors (Lipinski definition) is 1. The summed E-state index contributed by atoms with van der Waals surface area (Å²) in [5.41, 5.74) is 6.64. The van der Waals surface area contributed by atoms with Crippen molar-refractivity contribution < 1.29 is 4.79 Å². The number of benzene rings is 2. The van der Waals surface area contributed by atoms with Crippen LogP contribution in [0, 0.1) is 18.8 Å². The summed E-state index contributed by atoms with van der Waals surface area (Å²) in [5, 5.41) is 8.63. The summed E-state index contributed by atoms with van der Waals surface area (Å²) < 4.78 is 1.78. The van der Waals surface area contributed by atoms with Crippen LogP contribution in [0.2, 0.25) is 0 Å². The molecule has 6 rings (SSSR count). The molecule has 2 aromatic heterocycles. The number of rotatable bonds is 5. The Balaban J connectivity index is 1.27. The number of carbonyl (C=O) groups excluding carboxylic acids is 1. The van der Waals surface area contributed by atoms with E-state index in [-0.39, 0.29) is 11.9 Å². The number of anilines is 1. The number of hydrogen-bond acceptors (Lipinski definition) is 5. The van der Waals surface area contributed by atoms with Crippen LogP contribution >= 0.6 is 0 Å². The minimum atomic E-state index is -0.194. The van der Waals surface area contributed by atoms with E-state index < -0.39 is 0 Å². The predicted octanol–water partition coefficient (Wildman–Crippen LogP) is 4.43. The van der Waals surface area contributed by atoms with Crippen LogP contribution in [0.15, 0.2) is 60.9 Å². The average molecular weight is 495 g/mol. The molecular formula is C30H34N6O. The smallest absolute Gasteiger partial charge is 0.252 e. The van der Waals surface area contributed by atoms with E-state index in [4.69, 9.17) is 4.98 Å². The third-order valence-electron chi connectivity index (χ3n) is 8.06. The van der Waals surface area contributed by atoms with Gasteiger partial charge in [0, 0.05) is 61.6 Å². The lowest BCUT2D eigenvalue weighted by Gasteiger charge is -2.23. The molecule has 3 atom stereocenters. The van der Waals surface area contributed by atoms with Gasteiger partial charge in [0.05, 0.1) is 23.4 Å². The number of carbonyl (C=O) groups is 1. The minimum absolute atomic E-state index is 0.0465. The predicted molar refractivity (Wildman–Crippen MR) is 148 cm³/mol. The van der Waals surface area contributed by atoms with E-state index in [9.17, 15) is 4.79 Å². The molecule has 0 bridgehead atoms. The fraction of sp³-hybridized carbons (Fsp3) is 0.367. The second-order valence-corrected chi connectivity index (χ2v) is 10.9. The number of nitrogens with zero attached hydrogens (tertiary/aromatic N) is 5. The molecule has 4 aromatic rings. The summed E-state index contributed by atoms with van der Waals surface area (Å²) in [4.78, 5) is 23.3. The first-order chi connectivity index (χ1) is 17.9. The fourth-order valence-corrected chi connectivity index (χ4v) is 6.10. The summed E-state index contributed by atoms with van der Waals surface area (Å²) in [6, 6.07) is 16.3. The maximum absolute atomic E-state index is 13.6. The Kier molecular flexibility index (Phi) is 5.95. The van der Waals surface area contributed by atoms with E-state index in [1.54, 1.807) is 4.68 Å². The monoisotopic (exact) mass is 494 g/mol. The van der Waals surface area contributed by atoms with Gasteiger partial charge in [-0.25, -0.2) is 4.98 Å². The summed E-state index contributed by atoms with van der Waals surface area (Å²) in [5.74, 6) is 1.39. The Morgan fingerprint density at radius 3 is 2.51 bits per heavy atom. The number of amides is 1. The maximum Gasteiger partial charge on any atom is 0.252 e. The van der Waals surface area contributed by atoms with E-state index in [0.717, 1.165) is 69.5 Å². The number of nitrogens with one attached hydrogen (secondary N) is 1. The number of aryl methyl sites for hydroxylation is 2. The standard InChI is InChI=1S/C30H34N6O/c1-19-9-10-24(36-17-22-14-34(3)15-23(22)18-36)11-26(19)30(37)32-20(2)27-12-29(21-13-31-35(4)16-21)33-28-8-6-5-7-25(27)28/h5-13,16,20,22-23H,14-15,17-18H2,1-4H3,(H,32,37)/t20-,22?,23?/m1/s1. The van der Waals surface area contributed by atoms with E-state index in [2.05, 4.69) is 57.6 Å². The third-order valence-corrected chi connectivity index (χ3v) is 8.06. The van der Waals surface area contributed by atoms with Crippen LogP contribution < -0.4 is 10.2 Å². The molecule has 2 aliphatic rings. The lowest BCUT2D eigenvalue weighted by atomic mass is 9.99. The topological polar surface area (TPSA) is 66.3 Å². The van der Waals surface area contributed by atoms with Crippen LogP contribution in [0.5, 0.6) is 0 Å². The van der Waals surface area contributed by atoms with Crippen molar-refractivity contribution in [1.29, 1.82) is 0 Å². The Hall–Kier alpha value is -3.71. The minimum Gasteiger partial charge on any atom is -0.371 e. The average Bonchev–Trinajstić information content (AvgIpc) is 3.58. The zero-order chi connectivity index (χ0) is 25.7. The van der Waals surface area contributed by atoms with Crippen molar-refractivity contribution in [2.75, 3.05) is 38.1 Å². The lowest BCUT2D eigenvalue weighted by molar-refractivity contribution is 0.0939. The van der Waals surface area contributed by atoms with Crippen molar-refractivity contribution in [2.45, 2.75) is 19.9 Å². The maximum atomic E-state index is 13.6. The number of pyridine rings is 1. The zero-order valence-corrected chi connectivity index (χ0v) is 22.0. The Morgan fingerprint density at radius 2 is 1.78 bits per heavy atom. The molecule has 37 heavy (non-hydrogen) atoms. The van der Waals surface area contributed by atoms with Crippen LogP contribution in [0.4, 0.5) is 5.69 Å². The van der Waals surface area contributed by atoms with E-state index in [0.29, 0.717) is 0 Å². The highest BCUT2D eigenvalue weighted by atomic mass is 16.1. The Morgan fingerprint density at radius 1 is 1.03 bits per heavy atom. The number of likely N-dealkylation sites (tertiary alicyclic amines) is 1. The van der Waals surface area contributed by atoms with Gasteiger partial charge in [-0.05, 0) is 68.1 Å². The van der Waals surface area contributed by atoms with Crippen molar-refractivity contribution >= 4 is 22.5 Å². The molecule has 2 fully saturated rings. The van der Waals surface area contributed by atoms with Crippen LogP contribution in [-0.2, 0) is 7.05 Å². The first kappa shape index (κ1) is 23.7. The molecule has 1 amide bonds. The molecule has 2 aromatic carbocycles. The van der Waals surface area contributed by atoms with E-state index in [1.807, 2.05) is 51.5 Å². The van der Waals surface area contributed by atoms with E-state index in [1.165, 1.54) is 13.1 Å². The van der Waals surface area contributed by atoms with Crippen LogP contribution in [0.1, 0.15) is 34.5 Å². The molecule has 2 aliphatic heterocycles. The zero-order valence-electron chi connectivity index (χ0n) is 22.0. The van der Waals surface area contributed by atoms with Gasteiger partial charge in [0.25, 0.3) is 5.91 Å². The lowest BCUT2D eigenvalue weighted by Crippen LogP contribution is -2.29. The molecule has 0 aliphatic carbocycles. The highest BCUT2D eigenvalue weighted by molar-refractivity contribution is 5.97. The SMILES string of the molecule is Cc1ccc(N2CC3CN(C)CC3C2)cc1C(=O)N[C@H](C)c1cc(-c2cnn(C)c2)nc2ccccc12. The van der Waals surface area contributed by atoms with Crippen molar-refractivity contribution in [3.63, 3.8) is 0 Å². The molecule has 0 saturated carbocycles. The van der Waals surface area contributed by atoms with Crippen LogP contribution in [0.3, 0.4) is 0 Å². The van der Waals surface area contributed by atoms with Gasteiger partial charge >= 0.3 is 0 Å². The molecule has 7 heteroatoms. The molecule has 1 N–H and O–H groups in total. The normalized spacial score (nSPS) is 20.4. The van der Waals surface area contributed by atoms with Gasteiger partial charge in [0.15, 0.2) is 0 Å². The highest BCUT2D eigenvalue weighted by Crippen LogP contribution is 2.34. The molecule has 190 valence electrons. The van der Waals surface area contributed by atoms with Crippen molar-refractivity contribution in [3.05, 3.63) is 77.6 Å². The molecule has 7 nitrogen and oxygen atoms in total. The Bertz CT molecular complexity index is 1460. The molecular weight excluding hydrogens is 460 g/mol. The van der Waals surface area contributed by atoms with Crippen molar-refractivity contribution in [2.24, 2.45) is 18.9 Å². The quantitative estimate of drug-likeness (QED) is 0.445. The van der Waals surface area contributed by atoms with Gasteiger partial charge in [0.1, 0.15) is 0 Å². The van der Waals surface area contributed by atoms with Crippen molar-refractivity contribution in [1.82, 2.24) is 25.0 Å². The molecule has 0 spiro atoms. The largest absolute Gasteiger partial charge is 0.371 e. The number of para-hydroxylation sites is 1. The molecule has 2 saturated heterocycles. The first-order valence-electron chi connectivity index (χ1n) is 13.1. The second kappa shape index (κ2) is 9.30. The van der Waals surface area contributed by atoms with Gasteiger partial charge < -0.3 is 15.1 Å². The highest BCUT2D eigenvalue weighted by Gasteiger charge is 2.38. The summed E-state index contributed by atoms with van der Waals surface area (Å²) in [6.45, 7) is 8.52. The Labute approximate surface area is 218 Å². The second-order valence-electron chi connectivity index (χ2n) is 10.9. The van der Waals surface area contributed by atoms with Crippen molar-refractivity contribution in [3.8, 4) is 11.3 Å². The van der Waals surface area contributed by atoms with Crippen LogP contribution in [0.25, 0.3) is 22.2 Å². The van der Waals surface area contributed by atoms with Gasteiger partial charge in [-0.15, -0.1) is 0 Å². The fourth-order valence-electron chi connectivity index (χ4n) is 6.10. The number of fused-ring (bicyclic) bond motifs is 2. The third kappa shape index (κ3) is 4.48. The summed E-state index contributed by atoms with van der Waals surface area (Å²) >= 11 is 0.